The van der Waals surface area contributed by atoms with Crippen molar-refractivity contribution in [1.29, 1.82) is 5.26 Å². The zero-order valence-electron chi connectivity index (χ0n) is 10.9. The average molecular weight is 259 g/mol. The van der Waals surface area contributed by atoms with Crippen LogP contribution in [0, 0.1) is 11.3 Å². The van der Waals surface area contributed by atoms with Crippen LogP contribution < -0.4 is 10.1 Å². The molecular weight excluding hydrogens is 242 g/mol. The summed E-state index contributed by atoms with van der Waals surface area (Å²) in [6, 6.07) is 9.13. The lowest BCUT2D eigenvalue weighted by Gasteiger charge is -2.32. The van der Waals surface area contributed by atoms with E-state index >= 15 is 0 Å². The number of nitriles is 1. The van der Waals surface area contributed by atoms with Gasteiger partial charge in [0.2, 0.25) is 5.91 Å². The maximum Gasteiger partial charge on any atom is 0.237 e. The minimum Gasteiger partial charge on any atom is -0.491 e. The number of hydrogen-bond donors (Lipinski definition) is 1. The van der Waals surface area contributed by atoms with Gasteiger partial charge in [0.1, 0.15) is 18.4 Å². The molecule has 1 aromatic carbocycles. The summed E-state index contributed by atoms with van der Waals surface area (Å²) >= 11 is 0. The first kappa shape index (κ1) is 13.4. The Balaban J connectivity index is 1.86. The van der Waals surface area contributed by atoms with Crippen molar-refractivity contribution in [2.45, 2.75) is 13.0 Å². The molecule has 5 nitrogen and oxygen atoms in total. The molecule has 1 fully saturated rings. The Morgan fingerprint density at radius 1 is 1.53 bits per heavy atom. The van der Waals surface area contributed by atoms with E-state index in [0.717, 1.165) is 6.54 Å². The average Bonchev–Trinajstić information content (AvgIpc) is 2.44. The first-order valence-corrected chi connectivity index (χ1v) is 6.36. The van der Waals surface area contributed by atoms with Crippen molar-refractivity contribution in [1.82, 2.24) is 10.2 Å². The topological polar surface area (TPSA) is 65.4 Å². The summed E-state index contributed by atoms with van der Waals surface area (Å²) in [5, 5.41) is 11.8. The van der Waals surface area contributed by atoms with E-state index in [1.54, 1.807) is 12.1 Å². The summed E-state index contributed by atoms with van der Waals surface area (Å²) in [7, 11) is 0. The third-order valence-electron chi connectivity index (χ3n) is 3.27. The number of benzene rings is 1. The van der Waals surface area contributed by atoms with Crippen LogP contribution in [0.4, 0.5) is 0 Å². The van der Waals surface area contributed by atoms with Gasteiger partial charge in [-0.15, -0.1) is 0 Å². The molecule has 1 N–H and O–H groups in total. The van der Waals surface area contributed by atoms with Crippen LogP contribution >= 0.6 is 0 Å². The van der Waals surface area contributed by atoms with Crippen molar-refractivity contribution in [2.24, 2.45) is 0 Å². The van der Waals surface area contributed by atoms with Gasteiger partial charge >= 0.3 is 0 Å². The number of rotatable bonds is 4. The fraction of sp³-hybridized carbons (Fsp3) is 0.429. The minimum absolute atomic E-state index is 0.0590. The quantitative estimate of drug-likeness (QED) is 0.867. The lowest BCUT2D eigenvalue weighted by Crippen LogP contribution is -2.54. The number of carbonyl (C=O) groups is 1. The van der Waals surface area contributed by atoms with Crippen molar-refractivity contribution in [3.05, 3.63) is 29.8 Å². The second-order valence-electron chi connectivity index (χ2n) is 4.46. The molecule has 2 rings (SSSR count). The van der Waals surface area contributed by atoms with Crippen molar-refractivity contribution >= 4 is 5.91 Å². The maximum atomic E-state index is 11.5. The molecule has 0 aromatic heterocycles. The fourth-order valence-electron chi connectivity index (χ4n) is 2.09. The fourth-order valence-corrected chi connectivity index (χ4v) is 2.09. The van der Waals surface area contributed by atoms with Gasteiger partial charge in [0, 0.05) is 19.6 Å². The van der Waals surface area contributed by atoms with Gasteiger partial charge in [-0.05, 0) is 19.1 Å². The van der Waals surface area contributed by atoms with E-state index in [4.69, 9.17) is 10.00 Å². The summed E-state index contributed by atoms with van der Waals surface area (Å²) in [6.07, 6.45) is 0. The number of piperazine rings is 1. The first-order chi connectivity index (χ1) is 9.22. The minimum atomic E-state index is -0.122. The number of carbonyl (C=O) groups excluding carboxylic acids is 1. The molecular formula is C14H17N3O2. The molecule has 19 heavy (non-hydrogen) atoms. The Hall–Kier alpha value is -2.06. The van der Waals surface area contributed by atoms with Crippen LogP contribution in [0.3, 0.4) is 0 Å². The van der Waals surface area contributed by atoms with Gasteiger partial charge in [0.15, 0.2) is 0 Å². The van der Waals surface area contributed by atoms with Crippen LogP contribution in [0.25, 0.3) is 0 Å². The molecule has 1 aromatic rings. The lowest BCUT2D eigenvalue weighted by molar-refractivity contribution is -0.128. The highest BCUT2D eigenvalue weighted by Gasteiger charge is 2.24. The summed E-state index contributed by atoms with van der Waals surface area (Å²) in [4.78, 5) is 13.6. The molecule has 1 atom stereocenters. The summed E-state index contributed by atoms with van der Waals surface area (Å²) in [5.41, 5.74) is 0.534. The summed E-state index contributed by atoms with van der Waals surface area (Å²) in [6.45, 7) is 4.54. The smallest absolute Gasteiger partial charge is 0.237 e. The Kier molecular flexibility index (Phi) is 4.37. The molecule has 5 heteroatoms. The van der Waals surface area contributed by atoms with Crippen LogP contribution in [0.15, 0.2) is 24.3 Å². The molecule has 0 saturated carbocycles. The predicted octanol–water partition coefficient (Wildman–Crippen LogP) is 0.757. The van der Waals surface area contributed by atoms with Crippen LogP contribution in [0.1, 0.15) is 12.5 Å². The van der Waals surface area contributed by atoms with Crippen LogP contribution in [0.5, 0.6) is 5.75 Å². The normalized spacial score (nSPS) is 19.6. The van der Waals surface area contributed by atoms with E-state index in [2.05, 4.69) is 16.3 Å². The Morgan fingerprint density at radius 3 is 3.11 bits per heavy atom. The number of amides is 1. The number of para-hydroxylation sites is 1. The molecule has 1 saturated heterocycles. The molecule has 1 aliphatic rings. The second-order valence-corrected chi connectivity index (χ2v) is 4.46. The molecule has 0 bridgehead atoms. The van der Waals surface area contributed by atoms with E-state index in [9.17, 15) is 4.79 Å². The summed E-state index contributed by atoms with van der Waals surface area (Å²) < 4.78 is 5.62. The van der Waals surface area contributed by atoms with Crippen LogP contribution in [-0.2, 0) is 4.79 Å². The van der Waals surface area contributed by atoms with Gasteiger partial charge in [-0.25, -0.2) is 0 Å². The Bertz CT molecular complexity index is 496. The van der Waals surface area contributed by atoms with Crippen LogP contribution in [0.2, 0.25) is 0 Å². The third-order valence-corrected chi connectivity index (χ3v) is 3.27. The van der Waals surface area contributed by atoms with E-state index in [0.29, 0.717) is 31.0 Å². The van der Waals surface area contributed by atoms with Crippen LogP contribution in [-0.4, -0.2) is 43.1 Å². The molecule has 0 spiro atoms. The zero-order valence-corrected chi connectivity index (χ0v) is 10.9. The van der Waals surface area contributed by atoms with E-state index in [1.807, 2.05) is 19.1 Å². The number of ether oxygens (including phenoxy) is 1. The van der Waals surface area contributed by atoms with Crippen molar-refractivity contribution in [3.8, 4) is 11.8 Å². The van der Waals surface area contributed by atoms with Gasteiger partial charge in [-0.3, -0.25) is 9.69 Å². The van der Waals surface area contributed by atoms with Crippen molar-refractivity contribution in [2.75, 3.05) is 26.2 Å². The zero-order chi connectivity index (χ0) is 13.7. The van der Waals surface area contributed by atoms with Crippen molar-refractivity contribution in [3.63, 3.8) is 0 Å². The third kappa shape index (κ3) is 3.24. The number of nitrogens with zero attached hydrogens (tertiary/aromatic N) is 2. The highest BCUT2D eigenvalue weighted by molar-refractivity contribution is 5.81. The first-order valence-electron chi connectivity index (χ1n) is 6.36. The predicted molar refractivity (Wildman–Crippen MR) is 70.7 cm³/mol. The lowest BCUT2D eigenvalue weighted by atomic mass is 10.2. The molecule has 0 radical (unpaired) electrons. The van der Waals surface area contributed by atoms with Gasteiger partial charge < -0.3 is 10.1 Å². The largest absolute Gasteiger partial charge is 0.491 e. The molecule has 1 amide bonds. The van der Waals surface area contributed by atoms with Gasteiger partial charge in [-0.1, -0.05) is 12.1 Å². The SMILES string of the molecule is CC1C(=O)NCCN1CCOc1ccccc1C#N. The number of nitrogens with one attached hydrogen (secondary N) is 1. The van der Waals surface area contributed by atoms with Gasteiger partial charge in [-0.2, -0.15) is 5.26 Å². The highest BCUT2D eigenvalue weighted by Crippen LogP contribution is 2.16. The maximum absolute atomic E-state index is 11.5. The van der Waals surface area contributed by atoms with Gasteiger partial charge in [0.05, 0.1) is 11.6 Å². The van der Waals surface area contributed by atoms with Crippen molar-refractivity contribution < 1.29 is 9.53 Å². The van der Waals surface area contributed by atoms with E-state index < -0.39 is 0 Å². The number of hydrogen-bond acceptors (Lipinski definition) is 4. The Morgan fingerprint density at radius 2 is 2.32 bits per heavy atom. The molecule has 1 aliphatic heterocycles. The molecule has 0 aliphatic carbocycles. The molecule has 1 unspecified atom stereocenters. The monoisotopic (exact) mass is 259 g/mol. The van der Waals surface area contributed by atoms with Gasteiger partial charge in [0.25, 0.3) is 0 Å². The van der Waals surface area contributed by atoms with E-state index in [-0.39, 0.29) is 11.9 Å². The van der Waals surface area contributed by atoms with E-state index in [1.165, 1.54) is 0 Å². The Labute approximate surface area is 112 Å². The standard InChI is InChI=1S/C14H17N3O2/c1-11-14(18)16-6-7-17(11)8-9-19-13-5-3-2-4-12(13)10-15/h2-5,11H,6-9H2,1H3,(H,16,18). The highest BCUT2D eigenvalue weighted by atomic mass is 16.5. The molecule has 100 valence electrons. The molecule has 1 heterocycles. The summed E-state index contributed by atoms with van der Waals surface area (Å²) in [5.74, 6) is 0.655. The second kappa shape index (κ2) is 6.21.